The van der Waals surface area contributed by atoms with E-state index in [0.717, 1.165) is 18.0 Å². The lowest BCUT2D eigenvalue weighted by molar-refractivity contribution is -0.605. The van der Waals surface area contributed by atoms with Crippen molar-refractivity contribution < 1.29 is 23.8 Å². The van der Waals surface area contributed by atoms with Gasteiger partial charge in [-0.3, -0.25) is 9.59 Å². The lowest BCUT2D eigenvalue weighted by Crippen LogP contribution is -2.27. The van der Waals surface area contributed by atoms with E-state index in [1.165, 1.54) is 24.4 Å². The molecule has 7 nitrogen and oxygen atoms in total. The predicted octanol–water partition coefficient (Wildman–Crippen LogP) is 4.30. The molecule has 0 atom stereocenters. The molecule has 0 saturated heterocycles. The van der Waals surface area contributed by atoms with Crippen LogP contribution < -0.4 is 10.0 Å². The number of halogens is 3. The van der Waals surface area contributed by atoms with E-state index < -0.39 is 11.7 Å². The molecule has 4 rings (SSSR count). The maximum atomic E-state index is 13.2. The number of nitrogens with zero attached hydrogens (tertiary/aromatic N) is 2. The van der Waals surface area contributed by atoms with Crippen molar-refractivity contribution in [1.82, 2.24) is 4.57 Å². The van der Waals surface area contributed by atoms with Gasteiger partial charge in [-0.1, -0.05) is 41.4 Å². The Hall–Kier alpha value is -3.62. The molecule has 162 valence electrons. The zero-order valence-electron chi connectivity index (χ0n) is 16.2. The number of pyridine rings is 1. The normalized spacial score (nSPS) is 11.0. The van der Waals surface area contributed by atoms with E-state index in [2.05, 4.69) is 5.32 Å². The Morgan fingerprint density at radius 3 is 2.41 bits per heavy atom. The van der Waals surface area contributed by atoms with Gasteiger partial charge in [0.05, 0.1) is 22.2 Å². The molecule has 0 bridgehead atoms. The highest BCUT2D eigenvalue weighted by Crippen LogP contribution is 2.32. The molecule has 0 aliphatic carbocycles. The summed E-state index contributed by atoms with van der Waals surface area (Å²) in [6, 6.07) is 10.5. The van der Waals surface area contributed by atoms with E-state index >= 15 is 0 Å². The molecule has 2 N–H and O–H groups in total. The van der Waals surface area contributed by atoms with Crippen molar-refractivity contribution in [3.05, 3.63) is 93.3 Å². The molecule has 0 radical (unpaired) electrons. The number of aromatic hydroxyl groups is 1. The molecule has 10 heteroatoms. The number of benzene rings is 2. The second kappa shape index (κ2) is 8.49. The summed E-state index contributed by atoms with van der Waals surface area (Å²) >= 11 is 11.9. The fourth-order valence-electron chi connectivity index (χ4n) is 3.34. The first kappa shape index (κ1) is 21.6. The molecular weight excluding hydrogens is 460 g/mol. The third-order valence-electron chi connectivity index (χ3n) is 4.80. The van der Waals surface area contributed by atoms with Gasteiger partial charge >= 0.3 is 0 Å². The largest absolute Gasteiger partial charge is 0.619 e. The number of phenols is 1. The topological polar surface area (TPSA) is 98.3 Å². The van der Waals surface area contributed by atoms with E-state index in [1.807, 2.05) is 0 Å². The Morgan fingerprint density at radius 1 is 1.09 bits per heavy atom. The van der Waals surface area contributed by atoms with Crippen molar-refractivity contribution in [2.24, 2.45) is 0 Å². The van der Waals surface area contributed by atoms with Crippen LogP contribution >= 0.6 is 23.2 Å². The summed E-state index contributed by atoms with van der Waals surface area (Å²) in [6.07, 6.45) is 3.40. The minimum Gasteiger partial charge on any atom is -0.619 e. The van der Waals surface area contributed by atoms with Gasteiger partial charge < -0.3 is 20.2 Å². The van der Waals surface area contributed by atoms with Crippen molar-refractivity contribution in [3.8, 4) is 5.75 Å². The average molecular weight is 474 g/mol. The Bertz CT molecular complexity index is 1350. The van der Waals surface area contributed by atoms with Gasteiger partial charge in [-0.15, -0.1) is 0 Å². The van der Waals surface area contributed by atoms with Gasteiger partial charge in [-0.2, -0.15) is 4.73 Å². The Labute approximate surface area is 190 Å². The van der Waals surface area contributed by atoms with Crippen molar-refractivity contribution in [1.29, 1.82) is 0 Å². The highest BCUT2D eigenvalue weighted by atomic mass is 35.5. The van der Waals surface area contributed by atoms with Crippen molar-refractivity contribution in [2.75, 3.05) is 5.32 Å². The van der Waals surface area contributed by atoms with Gasteiger partial charge in [-0.25, -0.2) is 4.39 Å². The van der Waals surface area contributed by atoms with Crippen LogP contribution in [0, 0.1) is 11.0 Å². The molecule has 0 fully saturated rings. The van der Waals surface area contributed by atoms with Crippen LogP contribution in [0.5, 0.6) is 5.75 Å². The monoisotopic (exact) mass is 473 g/mol. The van der Waals surface area contributed by atoms with Crippen LogP contribution in [0.1, 0.15) is 15.9 Å². The maximum Gasteiger partial charge on any atom is 0.296 e. The van der Waals surface area contributed by atoms with Crippen LogP contribution in [0.4, 0.5) is 10.1 Å². The first-order valence-corrected chi connectivity index (χ1v) is 9.99. The molecule has 4 aromatic rings. The molecule has 32 heavy (non-hydrogen) atoms. The number of rotatable bonds is 5. The number of amides is 1. The number of nitrogens with one attached hydrogen (secondary N) is 1. The van der Waals surface area contributed by atoms with Crippen LogP contribution in [-0.2, 0) is 11.3 Å². The van der Waals surface area contributed by atoms with Crippen molar-refractivity contribution in [3.63, 3.8) is 0 Å². The highest BCUT2D eigenvalue weighted by molar-refractivity contribution is 6.50. The number of fused-ring (bicyclic) bond motifs is 1. The number of hydrogen-bond acceptors (Lipinski definition) is 4. The second-order valence-electron chi connectivity index (χ2n) is 6.94. The number of anilines is 1. The molecule has 0 saturated carbocycles. The quantitative estimate of drug-likeness (QED) is 0.195. The smallest absolute Gasteiger partial charge is 0.296 e. The fraction of sp³-hybridized carbons (Fsp3) is 0.0455. The fourth-order valence-corrected chi connectivity index (χ4v) is 3.88. The molecule has 1 amide bonds. The minimum absolute atomic E-state index is 0.0419. The van der Waals surface area contributed by atoms with Gasteiger partial charge in [0.2, 0.25) is 12.4 Å². The maximum absolute atomic E-state index is 13.2. The van der Waals surface area contributed by atoms with Crippen LogP contribution in [0.15, 0.2) is 61.1 Å². The summed E-state index contributed by atoms with van der Waals surface area (Å²) in [5.41, 5.74) is 1.13. The molecule has 0 spiro atoms. The minimum atomic E-state index is -1.05. The number of carbonyl (C=O) groups excluding carboxylic acids is 2. The number of aromatic nitrogens is 2. The lowest BCUT2D eigenvalue weighted by atomic mass is 10.1. The third-order valence-corrected chi connectivity index (χ3v) is 5.37. The predicted molar refractivity (Wildman–Crippen MR) is 117 cm³/mol. The molecule has 2 aromatic heterocycles. The van der Waals surface area contributed by atoms with Gasteiger partial charge in [0.1, 0.15) is 21.6 Å². The van der Waals surface area contributed by atoms with Crippen LogP contribution in [0.2, 0.25) is 10.0 Å². The number of ketones is 1. The van der Waals surface area contributed by atoms with E-state index in [-0.39, 0.29) is 44.8 Å². The number of Topliss-reactive ketones (excluding diaryl/α,β-unsaturated/α-hetero) is 1. The molecule has 0 unspecified atom stereocenters. The molecule has 2 aromatic carbocycles. The Morgan fingerprint density at radius 2 is 1.75 bits per heavy atom. The zero-order valence-corrected chi connectivity index (χ0v) is 17.7. The summed E-state index contributed by atoms with van der Waals surface area (Å²) in [6.45, 7) is 0.273. The van der Waals surface area contributed by atoms with E-state index in [4.69, 9.17) is 23.2 Å². The second-order valence-corrected chi connectivity index (χ2v) is 7.76. The summed E-state index contributed by atoms with van der Waals surface area (Å²) in [7, 11) is 0. The van der Waals surface area contributed by atoms with Gasteiger partial charge in [0.25, 0.3) is 11.7 Å². The molecule has 0 aliphatic heterocycles. The summed E-state index contributed by atoms with van der Waals surface area (Å²) in [5.74, 6) is -2.56. The first-order chi connectivity index (χ1) is 15.2. The van der Waals surface area contributed by atoms with Crippen LogP contribution in [-0.4, -0.2) is 21.4 Å². The first-order valence-electron chi connectivity index (χ1n) is 9.23. The lowest BCUT2D eigenvalue weighted by Gasteiger charge is -2.08. The molecule has 2 heterocycles. The van der Waals surface area contributed by atoms with Crippen molar-refractivity contribution >= 4 is 51.5 Å². The Kier molecular flexibility index (Phi) is 5.73. The van der Waals surface area contributed by atoms with E-state index in [0.29, 0.717) is 10.2 Å². The standard InChI is InChI=1S/C22H14Cl2FN3O4/c23-15-10-28(32)11-16(24)20(15)26-22(31)21(30)14-9-27(8-12-4-6-13(25)7-5-12)17-2-1-3-18(29)19(14)17/h1-7,9-11,29H,8H2,(H,26,31). The van der Waals surface area contributed by atoms with Gasteiger partial charge in [0, 0.05) is 12.7 Å². The van der Waals surface area contributed by atoms with Gasteiger partial charge in [-0.05, 0) is 29.8 Å². The number of hydrogen-bond donors (Lipinski definition) is 2. The summed E-state index contributed by atoms with van der Waals surface area (Å²) < 4.78 is 15.3. The van der Waals surface area contributed by atoms with Crippen LogP contribution in [0.25, 0.3) is 10.9 Å². The SMILES string of the molecule is O=C(Nc1c(Cl)c[n+]([O-])cc1Cl)C(=O)c1cn(Cc2ccc(F)cc2)c2cccc(O)c12. The number of phenolic OH excluding ortho intramolecular Hbond substituents is 1. The molecular formula is C22H14Cl2FN3O4. The van der Waals surface area contributed by atoms with Crippen LogP contribution in [0.3, 0.4) is 0 Å². The van der Waals surface area contributed by atoms with E-state index in [9.17, 15) is 24.3 Å². The number of carbonyl (C=O) groups is 2. The molecule has 0 aliphatic rings. The summed E-state index contributed by atoms with van der Waals surface area (Å²) in [5, 5.41) is 24.0. The third kappa shape index (κ3) is 4.10. The van der Waals surface area contributed by atoms with Crippen molar-refractivity contribution in [2.45, 2.75) is 6.54 Å². The average Bonchev–Trinajstić information content (AvgIpc) is 3.11. The zero-order chi connectivity index (χ0) is 23.0. The van der Waals surface area contributed by atoms with Gasteiger partial charge in [0.15, 0.2) is 0 Å². The summed E-state index contributed by atoms with van der Waals surface area (Å²) in [4.78, 5) is 25.6. The highest BCUT2D eigenvalue weighted by Gasteiger charge is 2.25. The Balaban J connectivity index is 1.71. The van der Waals surface area contributed by atoms with E-state index in [1.54, 1.807) is 28.8 Å².